The van der Waals surface area contributed by atoms with Crippen LogP contribution in [-0.4, -0.2) is 34.6 Å². The van der Waals surface area contributed by atoms with Gasteiger partial charge in [-0.2, -0.15) is 0 Å². The van der Waals surface area contributed by atoms with E-state index in [2.05, 4.69) is 21.5 Å². The minimum Gasteiger partial charge on any atom is -0.382 e. The second-order valence-electron chi connectivity index (χ2n) is 3.78. The van der Waals surface area contributed by atoms with Gasteiger partial charge in [-0.05, 0) is 33.0 Å². The molecule has 0 unspecified atom stereocenters. The highest BCUT2D eigenvalue weighted by atomic mass is 15.1. The number of imidazole rings is 1. The van der Waals surface area contributed by atoms with Crippen LogP contribution in [-0.2, 0) is 0 Å². The maximum absolute atomic E-state index is 5.57. The molecular weight excluding hydrogens is 164 g/mol. The topological polar surface area (TPSA) is 47.1 Å². The first-order valence-corrected chi connectivity index (χ1v) is 4.73. The molecule has 0 radical (unpaired) electrons. The maximum atomic E-state index is 5.57. The lowest BCUT2D eigenvalue weighted by Gasteiger charge is -2.29. The van der Waals surface area contributed by atoms with Crippen LogP contribution >= 0.6 is 0 Å². The normalized spacial score (nSPS) is 20.7. The second-order valence-corrected chi connectivity index (χ2v) is 3.78. The molecule has 1 saturated heterocycles. The average molecular weight is 180 g/mol. The van der Waals surface area contributed by atoms with Crippen molar-refractivity contribution in [2.75, 3.05) is 25.9 Å². The standard InChI is InChI=1S/C9H16N4/c1-12-4-2-8(3-5-12)13-6-9(10)11-7-13/h6-8H,2-5,10H2,1H3. The summed E-state index contributed by atoms with van der Waals surface area (Å²) in [5.74, 6) is 0.624. The summed E-state index contributed by atoms with van der Waals surface area (Å²) in [6.07, 6.45) is 6.17. The van der Waals surface area contributed by atoms with Crippen molar-refractivity contribution >= 4 is 5.82 Å². The predicted octanol–water partition coefficient (Wildman–Crippen LogP) is 0.732. The van der Waals surface area contributed by atoms with Crippen molar-refractivity contribution < 1.29 is 0 Å². The molecule has 0 saturated carbocycles. The Bertz CT molecular complexity index is 273. The second kappa shape index (κ2) is 3.38. The fourth-order valence-electron chi connectivity index (χ4n) is 1.85. The first-order chi connectivity index (χ1) is 6.25. The molecule has 1 aromatic heterocycles. The van der Waals surface area contributed by atoms with Crippen molar-refractivity contribution in [2.45, 2.75) is 18.9 Å². The van der Waals surface area contributed by atoms with Crippen LogP contribution in [0, 0.1) is 0 Å². The third kappa shape index (κ3) is 1.83. The zero-order valence-electron chi connectivity index (χ0n) is 7.98. The Morgan fingerprint density at radius 1 is 1.46 bits per heavy atom. The fraction of sp³-hybridized carbons (Fsp3) is 0.667. The lowest BCUT2D eigenvalue weighted by Crippen LogP contribution is -2.31. The molecule has 1 aliphatic rings. The molecule has 0 bridgehead atoms. The summed E-state index contributed by atoms with van der Waals surface area (Å²) < 4.78 is 2.14. The van der Waals surface area contributed by atoms with Crippen LogP contribution in [0.25, 0.3) is 0 Å². The van der Waals surface area contributed by atoms with Gasteiger partial charge in [0.2, 0.25) is 0 Å². The van der Waals surface area contributed by atoms with E-state index in [0.717, 1.165) is 0 Å². The SMILES string of the molecule is CN1CCC(n2cnc(N)c2)CC1. The summed E-state index contributed by atoms with van der Waals surface area (Å²) >= 11 is 0. The van der Waals surface area contributed by atoms with Gasteiger partial charge in [0, 0.05) is 12.2 Å². The van der Waals surface area contributed by atoms with E-state index < -0.39 is 0 Å². The summed E-state index contributed by atoms with van der Waals surface area (Å²) in [7, 11) is 2.17. The lowest BCUT2D eigenvalue weighted by molar-refractivity contribution is 0.221. The Hall–Kier alpha value is -1.03. The van der Waals surface area contributed by atoms with Crippen LogP contribution in [0.15, 0.2) is 12.5 Å². The third-order valence-corrected chi connectivity index (χ3v) is 2.73. The number of hydrogen-bond donors (Lipinski definition) is 1. The van der Waals surface area contributed by atoms with Gasteiger partial charge in [0.05, 0.1) is 6.33 Å². The summed E-state index contributed by atoms with van der Waals surface area (Å²) in [5.41, 5.74) is 5.57. The quantitative estimate of drug-likeness (QED) is 0.693. The molecule has 0 aromatic carbocycles. The summed E-state index contributed by atoms with van der Waals surface area (Å²) in [5, 5.41) is 0. The van der Waals surface area contributed by atoms with Gasteiger partial charge < -0.3 is 15.2 Å². The molecule has 4 nitrogen and oxygen atoms in total. The number of nitrogen functional groups attached to an aromatic ring is 1. The van der Waals surface area contributed by atoms with Gasteiger partial charge in [-0.3, -0.25) is 0 Å². The van der Waals surface area contributed by atoms with Gasteiger partial charge in [0.15, 0.2) is 0 Å². The van der Waals surface area contributed by atoms with Crippen LogP contribution in [0.1, 0.15) is 18.9 Å². The molecule has 1 fully saturated rings. The first-order valence-electron chi connectivity index (χ1n) is 4.73. The Morgan fingerprint density at radius 2 is 2.15 bits per heavy atom. The Kier molecular flexibility index (Phi) is 2.22. The highest BCUT2D eigenvalue weighted by molar-refractivity contribution is 5.22. The van der Waals surface area contributed by atoms with Crippen molar-refractivity contribution in [3.63, 3.8) is 0 Å². The Balaban J connectivity index is 2.02. The van der Waals surface area contributed by atoms with E-state index in [1.807, 2.05) is 12.5 Å². The van der Waals surface area contributed by atoms with Crippen molar-refractivity contribution in [1.29, 1.82) is 0 Å². The van der Waals surface area contributed by atoms with Crippen LogP contribution in [0.4, 0.5) is 5.82 Å². The molecule has 2 rings (SSSR count). The molecule has 0 amide bonds. The minimum atomic E-state index is 0.598. The molecule has 4 heteroatoms. The zero-order valence-corrected chi connectivity index (χ0v) is 7.98. The van der Waals surface area contributed by atoms with Gasteiger partial charge in [-0.25, -0.2) is 4.98 Å². The van der Waals surface area contributed by atoms with Crippen molar-refractivity contribution in [3.8, 4) is 0 Å². The van der Waals surface area contributed by atoms with Gasteiger partial charge >= 0.3 is 0 Å². The monoisotopic (exact) mass is 180 g/mol. The van der Waals surface area contributed by atoms with Crippen molar-refractivity contribution in [1.82, 2.24) is 14.5 Å². The van der Waals surface area contributed by atoms with Crippen LogP contribution in [0.3, 0.4) is 0 Å². The van der Waals surface area contributed by atoms with E-state index in [-0.39, 0.29) is 0 Å². The van der Waals surface area contributed by atoms with E-state index in [9.17, 15) is 0 Å². The largest absolute Gasteiger partial charge is 0.382 e. The highest BCUT2D eigenvalue weighted by Crippen LogP contribution is 2.21. The summed E-state index contributed by atoms with van der Waals surface area (Å²) in [6.45, 7) is 2.34. The van der Waals surface area contributed by atoms with Gasteiger partial charge in [0.25, 0.3) is 0 Å². The molecule has 0 atom stereocenters. The molecule has 1 aromatic rings. The number of nitrogens with two attached hydrogens (primary N) is 1. The van der Waals surface area contributed by atoms with Crippen molar-refractivity contribution in [2.24, 2.45) is 0 Å². The maximum Gasteiger partial charge on any atom is 0.141 e. The van der Waals surface area contributed by atoms with Crippen molar-refractivity contribution in [3.05, 3.63) is 12.5 Å². The van der Waals surface area contributed by atoms with E-state index in [4.69, 9.17) is 5.73 Å². The van der Waals surface area contributed by atoms with E-state index >= 15 is 0 Å². The molecule has 2 heterocycles. The number of piperidine rings is 1. The Labute approximate surface area is 78.4 Å². The number of nitrogens with zero attached hydrogens (tertiary/aromatic N) is 3. The number of rotatable bonds is 1. The number of likely N-dealkylation sites (tertiary alicyclic amines) is 1. The molecule has 2 N–H and O–H groups in total. The lowest BCUT2D eigenvalue weighted by atomic mass is 10.1. The molecular formula is C9H16N4. The van der Waals surface area contributed by atoms with Gasteiger partial charge in [-0.1, -0.05) is 0 Å². The highest BCUT2D eigenvalue weighted by Gasteiger charge is 2.17. The smallest absolute Gasteiger partial charge is 0.141 e. The molecule has 1 aliphatic heterocycles. The number of anilines is 1. The first kappa shape index (κ1) is 8.56. The number of hydrogen-bond acceptors (Lipinski definition) is 3. The fourth-order valence-corrected chi connectivity index (χ4v) is 1.85. The summed E-state index contributed by atoms with van der Waals surface area (Å²) in [4.78, 5) is 6.40. The molecule has 72 valence electrons. The van der Waals surface area contributed by atoms with Crippen LogP contribution < -0.4 is 5.73 Å². The Morgan fingerprint density at radius 3 is 2.69 bits per heavy atom. The molecule has 0 aliphatic carbocycles. The molecule has 0 spiro atoms. The third-order valence-electron chi connectivity index (χ3n) is 2.73. The van der Waals surface area contributed by atoms with E-state index in [0.29, 0.717) is 11.9 Å². The van der Waals surface area contributed by atoms with E-state index in [1.165, 1.54) is 25.9 Å². The number of aromatic nitrogens is 2. The van der Waals surface area contributed by atoms with Gasteiger partial charge in [-0.15, -0.1) is 0 Å². The van der Waals surface area contributed by atoms with Crippen LogP contribution in [0.5, 0.6) is 0 Å². The molecule has 13 heavy (non-hydrogen) atoms. The minimum absolute atomic E-state index is 0.598. The summed E-state index contributed by atoms with van der Waals surface area (Å²) in [6, 6.07) is 0.598. The average Bonchev–Trinajstić information content (AvgIpc) is 2.53. The van der Waals surface area contributed by atoms with Crippen LogP contribution in [0.2, 0.25) is 0 Å². The van der Waals surface area contributed by atoms with Gasteiger partial charge in [0.1, 0.15) is 5.82 Å². The predicted molar refractivity (Wildman–Crippen MR) is 52.4 cm³/mol. The van der Waals surface area contributed by atoms with E-state index in [1.54, 1.807) is 0 Å². The zero-order chi connectivity index (χ0) is 9.26.